The molecule has 1 saturated carbocycles. The molecule has 2 N–H and O–H groups in total. The van der Waals surface area contributed by atoms with E-state index in [1.165, 1.54) is 0 Å². The van der Waals surface area contributed by atoms with Gasteiger partial charge in [-0.25, -0.2) is 4.98 Å². The molecule has 1 aliphatic rings. The molecule has 1 heterocycles. The first kappa shape index (κ1) is 9.52. The zero-order chi connectivity index (χ0) is 10.3. The van der Waals surface area contributed by atoms with Crippen molar-refractivity contribution in [2.75, 3.05) is 5.32 Å². The van der Waals surface area contributed by atoms with Crippen LogP contribution in [0, 0.1) is 5.41 Å². The molecule has 78 valence electrons. The molecule has 0 radical (unpaired) electrons. The molecule has 4 heteroatoms. The van der Waals surface area contributed by atoms with Gasteiger partial charge in [0.1, 0.15) is 0 Å². The second-order valence-corrected chi connectivity index (χ2v) is 4.63. The molecule has 0 spiro atoms. The highest BCUT2D eigenvalue weighted by Crippen LogP contribution is 2.41. The predicted molar refractivity (Wildman–Crippen MR) is 55.0 cm³/mol. The van der Waals surface area contributed by atoms with Gasteiger partial charge in [-0.05, 0) is 6.42 Å². The van der Waals surface area contributed by atoms with Crippen LogP contribution in [0.25, 0.3) is 0 Å². The number of hydrogen-bond donors (Lipinski definition) is 2. The van der Waals surface area contributed by atoms with Crippen LogP contribution in [0.3, 0.4) is 0 Å². The van der Waals surface area contributed by atoms with Crippen molar-refractivity contribution in [1.29, 1.82) is 0 Å². The van der Waals surface area contributed by atoms with Gasteiger partial charge in [0, 0.05) is 30.9 Å². The van der Waals surface area contributed by atoms with E-state index in [9.17, 15) is 5.11 Å². The van der Waals surface area contributed by atoms with E-state index in [0.29, 0.717) is 6.04 Å². The average Bonchev–Trinajstić information content (AvgIpc) is 2.51. The third-order valence-electron chi connectivity index (χ3n) is 3.34. The fourth-order valence-corrected chi connectivity index (χ4v) is 1.81. The minimum Gasteiger partial charge on any atom is -0.392 e. The van der Waals surface area contributed by atoms with Crippen LogP contribution in [0.1, 0.15) is 20.3 Å². The molecule has 1 fully saturated rings. The van der Waals surface area contributed by atoms with Crippen molar-refractivity contribution in [3.05, 3.63) is 12.4 Å². The molecule has 1 aliphatic carbocycles. The average molecular weight is 195 g/mol. The van der Waals surface area contributed by atoms with E-state index < -0.39 is 0 Å². The van der Waals surface area contributed by atoms with E-state index in [4.69, 9.17) is 0 Å². The molecule has 0 saturated heterocycles. The van der Waals surface area contributed by atoms with Crippen LogP contribution in [0.5, 0.6) is 0 Å². The lowest BCUT2D eigenvalue weighted by Gasteiger charge is -2.49. The standard InChI is InChI=1S/C10H17N3O/c1-10(2)7(6-8(10)14)12-9-11-4-5-13(9)3/h4-5,7-8,14H,6H2,1-3H3,(H,11,12). The summed E-state index contributed by atoms with van der Waals surface area (Å²) >= 11 is 0. The van der Waals surface area contributed by atoms with E-state index in [0.717, 1.165) is 12.4 Å². The van der Waals surface area contributed by atoms with Gasteiger partial charge in [0.05, 0.1) is 6.10 Å². The highest BCUT2D eigenvalue weighted by Gasteiger charge is 2.47. The molecule has 2 unspecified atom stereocenters. The molecule has 2 rings (SSSR count). The summed E-state index contributed by atoms with van der Waals surface area (Å²) in [5.41, 5.74) is -0.0497. The molecule has 1 aromatic rings. The monoisotopic (exact) mass is 195 g/mol. The van der Waals surface area contributed by atoms with Crippen molar-refractivity contribution in [3.63, 3.8) is 0 Å². The Morgan fingerprint density at radius 3 is 2.79 bits per heavy atom. The maximum Gasteiger partial charge on any atom is 0.202 e. The Labute approximate surface area is 84.0 Å². The van der Waals surface area contributed by atoms with Crippen molar-refractivity contribution in [2.24, 2.45) is 12.5 Å². The number of anilines is 1. The topological polar surface area (TPSA) is 50.1 Å². The Morgan fingerprint density at radius 1 is 1.64 bits per heavy atom. The maximum absolute atomic E-state index is 9.58. The van der Waals surface area contributed by atoms with E-state index >= 15 is 0 Å². The third-order valence-corrected chi connectivity index (χ3v) is 3.34. The molecular formula is C10H17N3O. The molecule has 0 aromatic carbocycles. The van der Waals surface area contributed by atoms with Gasteiger partial charge < -0.3 is 15.0 Å². The van der Waals surface area contributed by atoms with Crippen molar-refractivity contribution in [1.82, 2.24) is 9.55 Å². The van der Waals surface area contributed by atoms with E-state index in [1.807, 2.05) is 17.8 Å². The predicted octanol–water partition coefficient (Wildman–Crippen LogP) is 0.991. The number of aryl methyl sites for hydroxylation is 1. The summed E-state index contributed by atoms with van der Waals surface area (Å²) in [6.45, 7) is 4.14. The number of rotatable bonds is 2. The van der Waals surface area contributed by atoms with Crippen LogP contribution in [0.4, 0.5) is 5.95 Å². The van der Waals surface area contributed by atoms with Gasteiger partial charge in [0.25, 0.3) is 0 Å². The molecular weight excluding hydrogens is 178 g/mol. The summed E-state index contributed by atoms with van der Waals surface area (Å²) in [6.07, 6.45) is 4.29. The fraction of sp³-hybridized carbons (Fsp3) is 0.700. The first-order chi connectivity index (χ1) is 6.51. The largest absolute Gasteiger partial charge is 0.392 e. The number of nitrogens with one attached hydrogen (secondary N) is 1. The highest BCUT2D eigenvalue weighted by molar-refractivity contribution is 5.30. The van der Waals surface area contributed by atoms with Gasteiger partial charge in [0.15, 0.2) is 0 Å². The zero-order valence-electron chi connectivity index (χ0n) is 8.86. The molecule has 0 aliphatic heterocycles. The second-order valence-electron chi connectivity index (χ2n) is 4.63. The number of hydrogen-bond acceptors (Lipinski definition) is 3. The minimum atomic E-state index is -0.194. The Balaban J connectivity index is 2.04. The van der Waals surface area contributed by atoms with Gasteiger partial charge >= 0.3 is 0 Å². The molecule has 0 amide bonds. The van der Waals surface area contributed by atoms with Crippen molar-refractivity contribution < 1.29 is 5.11 Å². The number of aliphatic hydroxyl groups is 1. The number of imidazole rings is 1. The fourth-order valence-electron chi connectivity index (χ4n) is 1.81. The van der Waals surface area contributed by atoms with Gasteiger partial charge in [0.2, 0.25) is 5.95 Å². The Hall–Kier alpha value is -1.03. The van der Waals surface area contributed by atoms with Gasteiger partial charge in [-0.3, -0.25) is 0 Å². The van der Waals surface area contributed by atoms with E-state index in [-0.39, 0.29) is 11.5 Å². The molecule has 0 bridgehead atoms. The summed E-state index contributed by atoms with van der Waals surface area (Å²) in [7, 11) is 1.96. The van der Waals surface area contributed by atoms with E-state index in [2.05, 4.69) is 24.1 Å². The smallest absolute Gasteiger partial charge is 0.202 e. The summed E-state index contributed by atoms with van der Waals surface area (Å²) in [5, 5.41) is 12.9. The molecule has 4 nitrogen and oxygen atoms in total. The van der Waals surface area contributed by atoms with Crippen molar-refractivity contribution >= 4 is 5.95 Å². The summed E-state index contributed by atoms with van der Waals surface area (Å²) < 4.78 is 1.95. The van der Waals surface area contributed by atoms with E-state index in [1.54, 1.807) is 6.20 Å². The normalized spacial score (nSPS) is 29.7. The summed E-state index contributed by atoms with van der Waals surface area (Å²) in [5.74, 6) is 0.870. The van der Waals surface area contributed by atoms with Crippen molar-refractivity contribution in [3.8, 4) is 0 Å². The third kappa shape index (κ3) is 1.30. The maximum atomic E-state index is 9.58. The first-order valence-electron chi connectivity index (χ1n) is 4.93. The zero-order valence-corrected chi connectivity index (χ0v) is 8.86. The molecule has 1 aromatic heterocycles. The lowest BCUT2D eigenvalue weighted by molar-refractivity contribution is -0.0513. The van der Waals surface area contributed by atoms with Crippen LogP contribution in [-0.2, 0) is 7.05 Å². The van der Waals surface area contributed by atoms with Crippen LogP contribution in [0.15, 0.2) is 12.4 Å². The lowest BCUT2D eigenvalue weighted by atomic mass is 9.65. The molecule has 2 atom stereocenters. The van der Waals surface area contributed by atoms with Crippen LogP contribution in [-0.4, -0.2) is 26.8 Å². The Morgan fingerprint density at radius 2 is 2.36 bits per heavy atom. The number of aliphatic hydroxyl groups excluding tert-OH is 1. The Bertz CT molecular complexity index is 332. The lowest BCUT2D eigenvalue weighted by Crippen LogP contribution is -2.57. The summed E-state index contributed by atoms with van der Waals surface area (Å²) in [6, 6.07) is 0.318. The minimum absolute atomic E-state index is 0.0497. The highest BCUT2D eigenvalue weighted by atomic mass is 16.3. The van der Waals surface area contributed by atoms with Gasteiger partial charge in [-0.15, -0.1) is 0 Å². The van der Waals surface area contributed by atoms with Crippen LogP contribution >= 0.6 is 0 Å². The van der Waals surface area contributed by atoms with Crippen LogP contribution in [0.2, 0.25) is 0 Å². The number of nitrogens with zero attached hydrogens (tertiary/aromatic N) is 2. The summed E-state index contributed by atoms with van der Waals surface area (Å²) in [4.78, 5) is 4.20. The van der Waals surface area contributed by atoms with Gasteiger partial charge in [-0.1, -0.05) is 13.8 Å². The quantitative estimate of drug-likeness (QED) is 0.740. The van der Waals surface area contributed by atoms with Crippen LogP contribution < -0.4 is 5.32 Å². The first-order valence-corrected chi connectivity index (χ1v) is 4.93. The second kappa shape index (κ2) is 2.98. The SMILES string of the molecule is Cn1ccnc1NC1CC(O)C1(C)C. The van der Waals surface area contributed by atoms with Gasteiger partial charge in [-0.2, -0.15) is 0 Å². The van der Waals surface area contributed by atoms with Crippen molar-refractivity contribution in [2.45, 2.75) is 32.4 Å². The molecule has 14 heavy (non-hydrogen) atoms. The Kier molecular flexibility index (Phi) is 2.03. The number of aromatic nitrogens is 2.